The van der Waals surface area contributed by atoms with E-state index in [0.29, 0.717) is 10.8 Å². The van der Waals surface area contributed by atoms with Gasteiger partial charge in [-0.2, -0.15) is 5.10 Å². The second kappa shape index (κ2) is 10.6. The van der Waals surface area contributed by atoms with Gasteiger partial charge in [0, 0.05) is 9.92 Å². The zero-order valence-corrected chi connectivity index (χ0v) is 18.1. The van der Waals surface area contributed by atoms with Crippen LogP contribution in [0.3, 0.4) is 0 Å². The predicted molar refractivity (Wildman–Crippen MR) is 114 cm³/mol. The van der Waals surface area contributed by atoms with Crippen LogP contribution in [0.2, 0.25) is 5.02 Å². The molecule has 2 aromatic carbocycles. The first kappa shape index (κ1) is 20.8. The number of hydrogen-bond acceptors (Lipinski definition) is 4. The van der Waals surface area contributed by atoms with Crippen molar-refractivity contribution in [1.29, 1.82) is 0 Å². The Morgan fingerprint density at radius 1 is 1.31 bits per heavy atom. The highest BCUT2D eigenvalue weighted by molar-refractivity contribution is 9.11. The van der Waals surface area contributed by atoms with Crippen molar-refractivity contribution in [3.8, 4) is 18.1 Å². The quantitative estimate of drug-likeness (QED) is 0.241. The van der Waals surface area contributed by atoms with Crippen LogP contribution in [0.15, 0.2) is 55.3 Å². The summed E-state index contributed by atoms with van der Waals surface area (Å²) in [5.41, 5.74) is 3.28. The first-order valence-electron chi connectivity index (χ1n) is 7.25. The zero-order chi connectivity index (χ0) is 18.9. The van der Waals surface area contributed by atoms with Gasteiger partial charge < -0.3 is 4.74 Å². The Bertz CT molecular complexity index is 828. The molecule has 2 rings (SSSR count). The van der Waals surface area contributed by atoms with E-state index in [1.54, 1.807) is 18.3 Å². The third-order valence-electron chi connectivity index (χ3n) is 2.91. The molecule has 0 aromatic heterocycles. The van der Waals surface area contributed by atoms with Gasteiger partial charge in [-0.05, 0) is 73.8 Å². The molecule has 0 unspecified atom stereocenters. The van der Waals surface area contributed by atoms with Crippen LogP contribution in [0.25, 0.3) is 0 Å². The highest BCUT2D eigenvalue weighted by Gasteiger charge is 2.08. The number of nitrogens with zero attached hydrogens (tertiary/aromatic N) is 1. The van der Waals surface area contributed by atoms with Crippen molar-refractivity contribution in [2.75, 3.05) is 12.4 Å². The van der Waals surface area contributed by atoms with Crippen molar-refractivity contribution >= 4 is 67.3 Å². The summed E-state index contributed by atoms with van der Waals surface area (Å²) in [7, 11) is 0. The van der Waals surface area contributed by atoms with Crippen LogP contribution in [0.1, 0.15) is 5.56 Å². The van der Waals surface area contributed by atoms with Gasteiger partial charge in [-0.25, -0.2) is 5.43 Å². The van der Waals surface area contributed by atoms with Crippen LogP contribution in [0.4, 0.5) is 0 Å². The monoisotopic (exact) mass is 514 g/mol. The Labute approximate surface area is 178 Å². The molecule has 0 aliphatic heterocycles. The van der Waals surface area contributed by atoms with E-state index in [-0.39, 0.29) is 18.3 Å². The van der Waals surface area contributed by atoms with Crippen molar-refractivity contribution in [2.45, 2.75) is 4.90 Å². The third-order valence-corrected chi connectivity index (χ3v) is 5.35. The molecular formula is C18H13Br2ClN2O2S. The van der Waals surface area contributed by atoms with Gasteiger partial charge in [0.15, 0.2) is 0 Å². The van der Waals surface area contributed by atoms with Gasteiger partial charge in [-0.1, -0.05) is 17.5 Å². The SMILES string of the molecule is C#CCOc1c(Br)cc(/C=N\NC(=O)CSc2ccc(Cl)cc2)cc1Br. The summed E-state index contributed by atoms with van der Waals surface area (Å²) >= 11 is 14.1. The largest absolute Gasteiger partial charge is 0.479 e. The molecule has 26 heavy (non-hydrogen) atoms. The lowest BCUT2D eigenvalue weighted by Crippen LogP contribution is -2.19. The smallest absolute Gasteiger partial charge is 0.250 e. The number of rotatable bonds is 7. The Morgan fingerprint density at radius 2 is 1.96 bits per heavy atom. The molecule has 0 aliphatic carbocycles. The van der Waals surface area contributed by atoms with E-state index in [2.05, 4.69) is 48.3 Å². The topological polar surface area (TPSA) is 50.7 Å². The molecule has 0 bridgehead atoms. The number of terminal acetylenes is 1. The van der Waals surface area contributed by atoms with Crippen molar-refractivity contribution in [2.24, 2.45) is 5.10 Å². The lowest BCUT2D eigenvalue weighted by atomic mass is 10.2. The summed E-state index contributed by atoms with van der Waals surface area (Å²) in [6.45, 7) is 0.173. The number of carbonyl (C=O) groups is 1. The number of amides is 1. The third kappa shape index (κ3) is 6.69. The summed E-state index contributed by atoms with van der Waals surface area (Å²) in [6, 6.07) is 10.9. The Balaban J connectivity index is 1.88. The number of nitrogens with one attached hydrogen (secondary N) is 1. The number of benzene rings is 2. The maximum atomic E-state index is 11.9. The van der Waals surface area contributed by atoms with E-state index in [1.165, 1.54) is 11.8 Å². The summed E-state index contributed by atoms with van der Waals surface area (Å²) in [6.07, 6.45) is 6.74. The van der Waals surface area contributed by atoms with Crippen molar-refractivity contribution in [3.63, 3.8) is 0 Å². The summed E-state index contributed by atoms with van der Waals surface area (Å²) in [4.78, 5) is 12.8. The maximum absolute atomic E-state index is 11.9. The fourth-order valence-electron chi connectivity index (χ4n) is 1.80. The van der Waals surface area contributed by atoms with Gasteiger partial charge in [0.25, 0.3) is 0 Å². The first-order valence-corrected chi connectivity index (χ1v) is 10.2. The van der Waals surface area contributed by atoms with Gasteiger partial charge in [-0.15, -0.1) is 18.2 Å². The Morgan fingerprint density at radius 3 is 2.58 bits per heavy atom. The first-order chi connectivity index (χ1) is 12.5. The van der Waals surface area contributed by atoms with Crippen LogP contribution < -0.4 is 10.2 Å². The highest BCUT2D eigenvalue weighted by Crippen LogP contribution is 2.34. The zero-order valence-electron chi connectivity index (χ0n) is 13.3. The molecule has 2 aromatic rings. The molecule has 134 valence electrons. The second-order valence-electron chi connectivity index (χ2n) is 4.84. The van der Waals surface area contributed by atoms with E-state index < -0.39 is 0 Å². The van der Waals surface area contributed by atoms with Crippen LogP contribution in [0.5, 0.6) is 5.75 Å². The molecule has 0 aliphatic rings. The number of thioether (sulfide) groups is 1. The van der Waals surface area contributed by atoms with Gasteiger partial charge in [0.05, 0.1) is 20.9 Å². The predicted octanol–water partition coefficient (Wildman–Crippen LogP) is 5.12. The van der Waals surface area contributed by atoms with Crippen LogP contribution in [-0.4, -0.2) is 24.5 Å². The van der Waals surface area contributed by atoms with Crippen LogP contribution in [0, 0.1) is 12.3 Å². The molecular weight excluding hydrogens is 504 g/mol. The Hall–Kier alpha value is -1.46. The lowest BCUT2D eigenvalue weighted by Gasteiger charge is -2.08. The molecule has 0 atom stereocenters. The number of hydrazone groups is 1. The molecule has 1 N–H and O–H groups in total. The van der Waals surface area contributed by atoms with Gasteiger partial charge >= 0.3 is 0 Å². The molecule has 0 saturated carbocycles. The van der Waals surface area contributed by atoms with E-state index in [4.69, 9.17) is 22.8 Å². The number of carbonyl (C=O) groups excluding carboxylic acids is 1. The van der Waals surface area contributed by atoms with Crippen molar-refractivity contribution < 1.29 is 9.53 Å². The maximum Gasteiger partial charge on any atom is 0.250 e. The van der Waals surface area contributed by atoms with Crippen molar-refractivity contribution in [3.05, 3.63) is 55.9 Å². The fourth-order valence-corrected chi connectivity index (χ4v) is 4.06. The minimum absolute atomic E-state index is 0.173. The van der Waals surface area contributed by atoms with E-state index in [9.17, 15) is 4.79 Å². The molecule has 1 amide bonds. The van der Waals surface area contributed by atoms with E-state index >= 15 is 0 Å². The molecule has 0 fully saturated rings. The summed E-state index contributed by atoms with van der Waals surface area (Å²) < 4.78 is 6.90. The van der Waals surface area contributed by atoms with E-state index in [1.807, 2.05) is 24.3 Å². The van der Waals surface area contributed by atoms with Gasteiger partial charge in [0.2, 0.25) is 5.91 Å². The van der Waals surface area contributed by atoms with Gasteiger partial charge in [-0.3, -0.25) is 4.79 Å². The molecule has 8 heteroatoms. The normalized spacial score (nSPS) is 10.5. The second-order valence-corrected chi connectivity index (χ2v) is 8.04. The summed E-state index contributed by atoms with van der Waals surface area (Å²) in [5, 5.41) is 4.63. The van der Waals surface area contributed by atoms with E-state index in [0.717, 1.165) is 19.4 Å². The van der Waals surface area contributed by atoms with Crippen LogP contribution in [-0.2, 0) is 4.79 Å². The Kier molecular flexibility index (Phi) is 8.52. The number of hydrogen-bond donors (Lipinski definition) is 1. The molecule has 4 nitrogen and oxygen atoms in total. The summed E-state index contributed by atoms with van der Waals surface area (Å²) in [5.74, 6) is 3.08. The molecule has 0 spiro atoms. The number of halogens is 3. The van der Waals surface area contributed by atoms with Crippen molar-refractivity contribution in [1.82, 2.24) is 5.43 Å². The molecule has 0 heterocycles. The molecule has 0 radical (unpaired) electrons. The van der Waals surface area contributed by atoms with Crippen LogP contribution >= 0.6 is 55.2 Å². The molecule has 0 saturated heterocycles. The number of ether oxygens (including phenoxy) is 1. The standard InChI is InChI=1S/C18H13Br2ClN2O2S/c1-2-7-25-18-15(19)8-12(9-16(18)20)10-22-23-17(24)11-26-14-5-3-13(21)4-6-14/h1,3-6,8-10H,7,11H2,(H,23,24)/b22-10-. The highest BCUT2D eigenvalue weighted by atomic mass is 79.9. The van der Waals surface area contributed by atoms with Gasteiger partial charge in [0.1, 0.15) is 12.4 Å². The average Bonchev–Trinajstić information content (AvgIpc) is 2.60. The minimum atomic E-state index is -0.201. The lowest BCUT2D eigenvalue weighted by molar-refractivity contribution is -0.118. The fraction of sp³-hybridized carbons (Fsp3) is 0.111. The average molecular weight is 517 g/mol. The minimum Gasteiger partial charge on any atom is -0.479 e.